The lowest BCUT2D eigenvalue weighted by molar-refractivity contribution is -0.275. The monoisotopic (exact) mass is 520 g/mol. The van der Waals surface area contributed by atoms with Gasteiger partial charge in [-0.05, 0) is 67.9 Å². The third-order valence-corrected chi connectivity index (χ3v) is 9.21. The zero-order valence-electron chi connectivity index (χ0n) is 19.6. The van der Waals surface area contributed by atoms with Crippen molar-refractivity contribution in [1.82, 2.24) is 4.31 Å². The lowest BCUT2D eigenvalue weighted by Crippen LogP contribution is -2.46. The second-order valence-corrected chi connectivity index (χ2v) is 11.6. The molecule has 2 aromatic rings. The average molecular weight is 521 g/mol. The normalized spacial score (nSPS) is 21.0. The first-order valence-corrected chi connectivity index (χ1v) is 13.5. The lowest BCUT2D eigenvalue weighted by Gasteiger charge is -2.37. The van der Waals surface area contributed by atoms with Crippen molar-refractivity contribution in [3.05, 3.63) is 60.2 Å². The van der Waals surface area contributed by atoms with Gasteiger partial charge in [0.2, 0.25) is 15.9 Å². The first-order chi connectivity index (χ1) is 17.1. The summed E-state index contributed by atoms with van der Waals surface area (Å²) in [5, 5.41) is 0. The molecule has 3 fully saturated rings. The van der Waals surface area contributed by atoms with Gasteiger partial charge in [0.05, 0.1) is 5.41 Å². The molecule has 3 aliphatic rings. The highest BCUT2D eigenvalue weighted by atomic mass is 32.2. The molecular weight excluding hydrogens is 493 g/mol. The minimum absolute atomic E-state index is 0.0263. The van der Waals surface area contributed by atoms with Crippen molar-refractivity contribution in [3.63, 3.8) is 0 Å². The van der Waals surface area contributed by atoms with Crippen LogP contribution in [0.1, 0.15) is 37.7 Å². The van der Waals surface area contributed by atoms with Crippen molar-refractivity contribution in [1.29, 1.82) is 0 Å². The maximum atomic E-state index is 13.4. The van der Waals surface area contributed by atoms with E-state index in [1.54, 1.807) is 4.90 Å². The summed E-state index contributed by atoms with van der Waals surface area (Å²) in [6.45, 7) is 0.644. The van der Waals surface area contributed by atoms with Gasteiger partial charge >= 0.3 is 6.36 Å². The fourth-order valence-corrected chi connectivity index (χ4v) is 6.55. The third kappa shape index (κ3) is 5.01. The second kappa shape index (κ2) is 9.23. The van der Waals surface area contributed by atoms with Gasteiger partial charge in [-0.25, -0.2) is 8.42 Å². The first-order valence-electron chi connectivity index (χ1n) is 12.0. The first kappa shape index (κ1) is 24.8. The SMILES string of the molecule is O=C1N(c2ccc(/C=C/C3CC3)cc2)CCC12CCN(S(=O)(=O)c1ccccc1OC(F)(F)F)CC2. The van der Waals surface area contributed by atoms with Gasteiger partial charge in [-0.1, -0.05) is 36.4 Å². The Kier molecular flexibility index (Phi) is 6.36. The molecular formula is C26H27F3N2O4S. The lowest BCUT2D eigenvalue weighted by atomic mass is 9.77. The van der Waals surface area contributed by atoms with Gasteiger partial charge in [-0.2, -0.15) is 4.31 Å². The summed E-state index contributed by atoms with van der Waals surface area (Å²) in [4.78, 5) is 14.6. The number of hydrogen-bond donors (Lipinski definition) is 0. The Morgan fingerprint density at radius 1 is 0.944 bits per heavy atom. The number of carbonyl (C=O) groups is 1. The van der Waals surface area contributed by atoms with Gasteiger partial charge in [0, 0.05) is 25.3 Å². The van der Waals surface area contributed by atoms with Gasteiger partial charge in [-0.3, -0.25) is 4.79 Å². The number of amides is 1. The molecule has 0 unspecified atom stereocenters. The topological polar surface area (TPSA) is 66.9 Å². The molecule has 0 radical (unpaired) electrons. The number of anilines is 1. The largest absolute Gasteiger partial charge is 0.573 e. The Morgan fingerprint density at radius 3 is 2.22 bits per heavy atom. The molecule has 5 rings (SSSR count). The number of alkyl halides is 3. The van der Waals surface area contributed by atoms with Gasteiger partial charge < -0.3 is 9.64 Å². The van der Waals surface area contributed by atoms with Gasteiger partial charge in [0.1, 0.15) is 10.6 Å². The summed E-state index contributed by atoms with van der Waals surface area (Å²) in [5.41, 5.74) is 1.23. The fraction of sp³-hybridized carbons (Fsp3) is 0.423. The van der Waals surface area contributed by atoms with Crippen LogP contribution in [0.2, 0.25) is 0 Å². The third-order valence-electron chi connectivity index (χ3n) is 7.27. The number of carbonyl (C=O) groups excluding carboxylic acids is 1. The molecule has 2 heterocycles. The van der Waals surface area contributed by atoms with E-state index in [1.165, 1.54) is 25.0 Å². The Morgan fingerprint density at radius 2 is 1.58 bits per heavy atom. The quantitative estimate of drug-likeness (QED) is 0.524. The Bertz CT molecular complexity index is 1260. The minimum atomic E-state index is -5.01. The molecule has 0 N–H and O–H groups in total. The number of ether oxygens (including phenoxy) is 1. The van der Waals surface area contributed by atoms with Crippen LogP contribution in [0.25, 0.3) is 6.08 Å². The predicted octanol–water partition coefficient (Wildman–Crippen LogP) is 5.22. The van der Waals surface area contributed by atoms with E-state index in [0.29, 0.717) is 31.7 Å². The van der Waals surface area contributed by atoms with E-state index >= 15 is 0 Å². The Balaban J connectivity index is 1.27. The maximum absolute atomic E-state index is 13.4. The molecule has 1 aliphatic carbocycles. The highest BCUT2D eigenvalue weighted by molar-refractivity contribution is 7.89. The number of benzene rings is 2. The average Bonchev–Trinajstić information content (AvgIpc) is 3.62. The minimum Gasteiger partial charge on any atom is -0.404 e. The molecule has 2 aliphatic heterocycles. The van der Waals surface area contributed by atoms with Crippen molar-refractivity contribution in [2.45, 2.75) is 43.4 Å². The summed E-state index contributed by atoms with van der Waals surface area (Å²) in [6.07, 6.45) is 3.01. The van der Waals surface area contributed by atoms with Crippen molar-refractivity contribution >= 4 is 27.7 Å². The summed E-state index contributed by atoms with van der Waals surface area (Å²) >= 11 is 0. The van der Waals surface area contributed by atoms with E-state index < -0.39 is 32.4 Å². The van der Waals surface area contributed by atoms with Crippen LogP contribution in [0, 0.1) is 11.3 Å². The number of nitrogens with zero attached hydrogens (tertiary/aromatic N) is 2. The molecule has 2 aromatic carbocycles. The van der Waals surface area contributed by atoms with Crippen LogP contribution in [0.3, 0.4) is 0 Å². The number of sulfonamides is 1. The number of piperidine rings is 1. The van der Waals surface area contributed by atoms with Crippen molar-refractivity contribution in [2.75, 3.05) is 24.5 Å². The van der Waals surface area contributed by atoms with Crippen LogP contribution in [0.15, 0.2) is 59.5 Å². The van der Waals surface area contributed by atoms with E-state index in [2.05, 4.69) is 16.9 Å². The number of rotatable bonds is 6. The van der Waals surface area contributed by atoms with E-state index in [-0.39, 0.29) is 19.0 Å². The molecule has 2 saturated heterocycles. The Hall–Kier alpha value is -2.85. The molecule has 10 heteroatoms. The van der Waals surface area contributed by atoms with Crippen LogP contribution < -0.4 is 9.64 Å². The van der Waals surface area contributed by atoms with E-state index in [1.807, 2.05) is 24.3 Å². The molecule has 36 heavy (non-hydrogen) atoms. The fourth-order valence-electron chi connectivity index (χ4n) is 5.00. The van der Waals surface area contributed by atoms with Crippen molar-refractivity contribution in [3.8, 4) is 5.75 Å². The zero-order valence-corrected chi connectivity index (χ0v) is 20.4. The smallest absolute Gasteiger partial charge is 0.404 e. The molecule has 0 aromatic heterocycles. The number of hydrogen-bond acceptors (Lipinski definition) is 4. The van der Waals surface area contributed by atoms with Crippen LogP contribution in [0.5, 0.6) is 5.75 Å². The standard InChI is InChI=1S/C26H27F3N2O4S/c27-26(28,29)35-22-3-1-2-4-23(22)36(33,34)30-16-13-25(14-17-30)15-18-31(24(25)32)21-11-9-20(10-12-21)8-7-19-5-6-19/h1-4,7-12,19H,5-6,13-18H2/b8-7+. The molecule has 0 bridgehead atoms. The number of allylic oxidation sites excluding steroid dienone is 1. The molecule has 1 spiro atoms. The molecule has 1 amide bonds. The maximum Gasteiger partial charge on any atom is 0.573 e. The molecule has 192 valence electrons. The second-order valence-electron chi connectivity index (χ2n) is 9.67. The number of para-hydroxylation sites is 1. The van der Waals surface area contributed by atoms with Crippen LogP contribution in [-0.2, 0) is 14.8 Å². The van der Waals surface area contributed by atoms with E-state index in [0.717, 1.165) is 27.7 Å². The highest BCUT2D eigenvalue weighted by Crippen LogP contribution is 2.44. The Labute approximate surface area is 208 Å². The van der Waals surface area contributed by atoms with Gasteiger partial charge in [0.15, 0.2) is 0 Å². The van der Waals surface area contributed by atoms with Gasteiger partial charge in [0.25, 0.3) is 0 Å². The van der Waals surface area contributed by atoms with Crippen LogP contribution in [-0.4, -0.2) is 44.6 Å². The predicted molar refractivity (Wildman–Crippen MR) is 129 cm³/mol. The van der Waals surface area contributed by atoms with Crippen LogP contribution in [0.4, 0.5) is 18.9 Å². The number of halogens is 3. The zero-order chi connectivity index (χ0) is 25.6. The highest BCUT2D eigenvalue weighted by Gasteiger charge is 2.50. The summed E-state index contributed by atoms with van der Waals surface area (Å²) < 4.78 is 69.8. The molecule has 0 atom stereocenters. The molecule has 6 nitrogen and oxygen atoms in total. The van der Waals surface area contributed by atoms with Crippen LogP contribution >= 0.6 is 0 Å². The summed E-state index contributed by atoms with van der Waals surface area (Å²) in [6, 6.07) is 12.6. The van der Waals surface area contributed by atoms with Gasteiger partial charge in [-0.15, -0.1) is 13.2 Å². The summed E-state index contributed by atoms with van der Waals surface area (Å²) in [5.74, 6) is -0.101. The molecule has 1 saturated carbocycles. The van der Waals surface area contributed by atoms with E-state index in [4.69, 9.17) is 0 Å². The van der Waals surface area contributed by atoms with E-state index in [9.17, 15) is 26.4 Å². The summed E-state index contributed by atoms with van der Waals surface area (Å²) in [7, 11) is -4.23. The van der Waals surface area contributed by atoms with Crippen molar-refractivity contribution in [2.24, 2.45) is 11.3 Å². The van der Waals surface area contributed by atoms with Crippen molar-refractivity contribution < 1.29 is 31.1 Å².